The first-order chi connectivity index (χ1) is 7.68. The highest BCUT2D eigenvalue weighted by Gasteiger charge is 2.18. The molecule has 0 spiro atoms. The minimum atomic E-state index is -2.92. The average molecular weight is 225 g/mol. The van der Waals surface area contributed by atoms with Gasteiger partial charge in [-0.15, -0.1) is 0 Å². The summed E-state index contributed by atoms with van der Waals surface area (Å²) in [7, 11) is 0. The van der Waals surface area contributed by atoms with Gasteiger partial charge < -0.3 is 4.90 Å². The number of benzene rings is 1. The Morgan fingerprint density at radius 3 is 2.19 bits per heavy atom. The summed E-state index contributed by atoms with van der Waals surface area (Å²) in [6.07, 6.45) is -0.590. The van der Waals surface area contributed by atoms with Gasteiger partial charge in [-0.25, -0.2) is 8.78 Å². The number of rotatable bonds is 3. The summed E-state index contributed by atoms with van der Waals surface area (Å²) in [6, 6.07) is 6.42. The number of Topliss-reactive ketones (excluding diaryl/α,β-unsaturated/α-hetero) is 1. The Balaban J connectivity index is 2.12. The first-order valence-electron chi connectivity index (χ1n) is 5.36. The standard InChI is InChI=1S/C12H13F2NO/c13-12(14)11(16)9-3-5-10(6-4-9)15-7-1-2-8-15/h3-6,12H,1-2,7-8H2. The zero-order valence-corrected chi connectivity index (χ0v) is 8.83. The zero-order valence-electron chi connectivity index (χ0n) is 8.83. The van der Waals surface area contributed by atoms with E-state index in [9.17, 15) is 13.6 Å². The molecule has 1 aromatic rings. The van der Waals surface area contributed by atoms with Crippen LogP contribution in [0.5, 0.6) is 0 Å². The highest BCUT2D eigenvalue weighted by atomic mass is 19.3. The molecule has 0 bridgehead atoms. The predicted molar refractivity (Wildman–Crippen MR) is 58.2 cm³/mol. The number of ketones is 1. The smallest absolute Gasteiger partial charge is 0.300 e. The van der Waals surface area contributed by atoms with Crippen LogP contribution in [0.1, 0.15) is 23.2 Å². The van der Waals surface area contributed by atoms with Gasteiger partial charge in [0, 0.05) is 24.3 Å². The second-order valence-electron chi connectivity index (χ2n) is 3.91. The molecular formula is C12H13F2NO. The van der Waals surface area contributed by atoms with E-state index in [1.165, 1.54) is 12.1 Å². The van der Waals surface area contributed by atoms with Gasteiger partial charge in [0.25, 0.3) is 0 Å². The molecule has 0 saturated carbocycles. The number of carbonyl (C=O) groups excluding carboxylic acids is 1. The third-order valence-electron chi connectivity index (χ3n) is 2.82. The van der Waals surface area contributed by atoms with Gasteiger partial charge in [0.15, 0.2) is 0 Å². The summed E-state index contributed by atoms with van der Waals surface area (Å²) in [4.78, 5) is 13.2. The van der Waals surface area contributed by atoms with Crippen molar-refractivity contribution in [3.63, 3.8) is 0 Å². The van der Waals surface area contributed by atoms with Gasteiger partial charge in [-0.2, -0.15) is 0 Å². The van der Waals surface area contributed by atoms with E-state index in [0.29, 0.717) is 0 Å². The normalized spacial score (nSPS) is 15.8. The largest absolute Gasteiger partial charge is 0.372 e. The van der Waals surface area contributed by atoms with Gasteiger partial charge in [-0.1, -0.05) is 0 Å². The van der Waals surface area contributed by atoms with E-state index in [2.05, 4.69) is 4.90 Å². The van der Waals surface area contributed by atoms with Crippen molar-refractivity contribution in [3.8, 4) is 0 Å². The van der Waals surface area contributed by atoms with E-state index >= 15 is 0 Å². The second-order valence-corrected chi connectivity index (χ2v) is 3.91. The third kappa shape index (κ3) is 2.21. The highest BCUT2D eigenvalue weighted by Crippen LogP contribution is 2.21. The lowest BCUT2D eigenvalue weighted by Gasteiger charge is -2.17. The van der Waals surface area contributed by atoms with Crippen molar-refractivity contribution < 1.29 is 13.6 Å². The summed E-state index contributed by atoms with van der Waals surface area (Å²) >= 11 is 0. The summed E-state index contributed by atoms with van der Waals surface area (Å²) in [6.45, 7) is 2.00. The van der Waals surface area contributed by atoms with Crippen molar-refractivity contribution in [2.24, 2.45) is 0 Å². The van der Waals surface area contributed by atoms with Crippen LogP contribution in [0.15, 0.2) is 24.3 Å². The molecule has 0 radical (unpaired) electrons. The summed E-state index contributed by atoms with van der Waals surface area (Å²) in [5.41, 5.74) is 1.08. The second kappa shape index (κ2) is 4.60. The lowest BCUT2D eigenvalue weighted by molar-refractivity contribution is 0.0679. The van der Waals surface area contributed by atoms with E-state index in [4.69, 9.17) is 0 Å². The quantitative estimate of drug-likeness (QED) is 0.737. The molecule has 1 aromatic carbocycles. The maximum absolute atomic E-state index is 12.2. The molecule has 0 N–H and O–H groups in total. The maximum Gasteiger partial charge on any atom is 0.300 e. The number of carbonyl (C=O) groups is 1. The average Bonchev–Trinajstić information content (AvgIpc) is 2.81. The number of anilines is 1. The minimum Gasteiger partial charge on any atom is -0.372 e. The van der Waals surface area contributed by atoms with Gasteiger partial charge in [-0.3, -0.25) is 4.79 Å². The number of alkyl halides is 2. The monoisotopic (exact) mass is 225 g/mol. The molecule has 16 heavy (non-hydrogen) atoms. The predicted octanol–water partition coefficient (Wildman–Crippen LogP) is 2.73. The Morgan fingerprint density at radius 2 is 1.69 bits per heavy atom. The highest BCUT2D eigenvalue weighted by molar-refractivity contribution is 5.98. The van der Waals surface area contributed by atoms with Crippen LogP contribution in [-0.4, -0.2) is 25.3 Å². The molecule has 1 aliphatic rings. The van der Waals surface area contributed by atoms with Crippen LogP contribution in [0.4, 0.5) is 14.5 Å². The van der Waals surface area contributed by atoms with Gasteiger partial charge in [0.1, 0.15) is 0 Å². The molecule has 1 aliphatic heterocycles. The van der Waals surface area contributed by atoms with Crippen molar-refractivity contribution in [3.05, 3.63) is 29.8 Å². The first kappa shape index (κ1) is 11.0. The Hall–Kier alpha value is -1.45. The SMILES string of the molecule is O=C(c1ccc(N2CCCC2)cc1)C(F)F. The van der Waals surface area contributed by atoms with Crippen LogP contribution in [0.3, 0.4) is 0 Å². The Morgan fingerprint density at radius 1 is 1.12 bits per heavy atom. The topological polar surface area (TPSA) is 20.3 Å². The Bertz CT molecular complexity index is 369. The van der Waals surface area contributed by atoms with Crippen LogP contribution < -0.4 is 4.90 Å². The number of hydrogen-bond donors (Lipinski definition) is 0. The van der Waals surface area contributed by atoms with Gasteiger partial charge in [0.05, 0.1) is 0 Å². The Labute approximate surface area is 92.9 Å². The van der Waals surface area contributed by atoms with Crippen molar-refractivity contribution in [2.75, 3.05) is 18.0 Å². The molecule has 1 fully saturated rings. The van der Waals surface area contributed by atoms with Crippen LogP contribution in [-0.2, 0) is 0 Å². The van der Waals surface area contributed by atoms with E-state index in [0.717, 1.165) is 31.6 Å². The number of hydrogen-bond acceptors (Lipinski definition) is 2. The van der Waals surface area contributed by atoms with Crippen LogP contribution in [0.25, 0.3) is 0 Å². The molecule has 0 aromatic heterocycles. The maximum atomic E-state index is 12.2. The summed E-state index contributed by atoms with van der Waals surface area (Å²) in [5, 5.41) is 0. The van der Waals surface area contributed by atoms with Gasteiger partial charge in [-0.05, 0) is 37.1 Å². The van der Waals surface area contributed by atoms with Crippen LogP contribution in [0, 0.1) is 0 Å². The lowest BCUT2D eigenvalue weighted by Crippen LogP contribution is -2.17. The molecule has 2 nitrogen and oxygen atoms in total. The third-order valence-corrected chi connectivity index (χ3v) is 2.82. The van der Waals surface area contributed by atoms with Gasteiger partial charge >= 0.3 is 6.43 Å². The summed E-state index contributed by atoms with van der Waals surface area (Å²) < 4.78 is 24.3. The van der Waals surface area contributed by atoms with Crippen molar-refractivity contribution >= 4 is 11.5 Å². The van der Waals surface area contributed by atoms with E-state index in [1.54, 1.807) is 12.1 Å². The fourth-order valence-corrected chi connectivity index (χ4v) is 1.94. The minimum absolute atomic E-state index is 0.0814. The van der Waals surface area contributed by atoms with Crippen molar-refractivity contribution in [2.45, 2.75) is 19.3 Å². The Kier molecular flexibility index (Phi) is 3.17. The molecular weight excluding hydrogens is 212 g/mol. The van der Waals surface area contributed by atoms with E-state index in [-0.39, 0.29) is 5.56 Å². The molecule has 0 unspecified atom stereocenters. The van der Waals surface area contributed by atoms with E-state index in [1.807, 2.05) is 0 Å². The van der Waals surface area contributed by atoms with Gasteiger partial charge in [0.2, 0.25) is 5.78 Å². The molecule has 1 saturated heterocycles. The van der Waals surface area contributed by atoms with Crippen LogP contribution in [0.2, 0.25) is 0 Å². The summed E-state index contributed by atoms with van der Waals surface area (Å²) in [5.74, 6) is -1.10. The van der Waals surface area contributed by atoms with E-state index < -0.39 is 12.2 Å². The molecule has 4 heteroatoms. The number of nitrogens with zero attached hydrogens (tertiary/aromatic N) is 1. The lowest BCUT2D eigenvalue weighted by atomic mass is 10.1. The zero-order chi connectivity index (χ0) is 11.5. The number of halogens is 2. The molecule has 86 valence electrons. The fourth-order valence-electron chi connectivity index (χ4n) is 1.94. The molecule has 0 amide bonds. The first-order valence-corrected chi connectivity index (χ1v) is 5.36. The molecule has 0 aliphatic carbocycles. The van der Waals surface area contributed by atoms with Crippen LogP contribution >= 0.6 is 0 Å². The molecule has 2 rings (SSSR count). The van der Waals surface area contributed by atoms with Crippen molar-refractivity contribution in [1.29, 1.82) is 0 Å². The molecule has 1 heterocycles. The molecule has 0 atom stereocenters. The fraction of sp³-hybridized carbons (Fsp3) is 0.417. The van der Waals surface area contributed by atoms with Crippen molar-refractivity contribution in [1.82, 2.24) is 0 Å².